The third-order valence-electron chi connectivity index (χ3n) is 3.59. The summed E-state index contributed by atoms with van der Waals surface area (Å²) in [6, 6.07) is 5.23. The number of rotatable bonds is 5. The van der Waals surface area contributed by atoms with Crippen molar-refractivity contribution in [2.45, 2.75) is 44.6 Å². The molecule has 0 fully saturated rings. The third kappa shape index (κ3) is 4.04. The van der Waals surface area contributed by atoms with E-state index in [0.29, 0.717) is 18.9 Å². The molecule has 1 aliphatic rings. The first-order valence-corrected chi connectivity index (χ1v) is 8.75. The van der Waals surface area contributed by atoms with Gasteiger partial charge in [0.2, 0.25) is 5.91 Å². The zero-order valence-electron chi connectivity index (χ0n) is 12.5. The highest BCUT2D eigenvalue weighted by atomic mass is 32.2. The predicted octanol–water partition coefficient (Wildman–Crippen LogP) is 1.57. The van der Waals surface area contributed by atoms with Crippen molar-refractivity contribution >= 4 is 15.9 Å². The number of amides is 1. The number of nitrogens with one attached hydrogen (secondary N) is 2. The van der Waals surface area contributed by atoms with Crippen LogP contribution in [0.25, 0.3) is 0 Å². The molecule has 1 aliphatic heterocycles. The molecule has 0 bridgehead atoms. The summed E-state index contributed by atoms with van der Waals surface area (Å²) >= 11 is 0. The minimum atomic E-state index is -3.79. The van der Waals surface area contributed by atoms with Crippen molar-refractivity contribution in [3.63, 3.8) is 0 Å². The van der Waals surface area contributed by atoms with Crippen molar-refractivity contribution in [2.75, 3.05) is 6.54 Å². The Morgan fingerprint density at radius 3 is 2.86 bits per heavy atom. The smallest absolute Gasteiger partial charge is 0.264 e. The molecule has 0 aliphatic carbocycles. The van der Waals surface area contributed by atoms with Crippen LogP contribution in [0.2, 0.25) is 0 Å². The van der Waals surface area contributed by atoms with E-state index in [1.54, 1.807) is 12.1 Å². The van der Waals surface area contributed by atoms with Gasteiger partial charge in [0.15, 0.2) is 0 Å². The minimum absolute atomic E-state index is 0.213. The molecule has 2 N–H and O–H groups in total. The first-order valence-electron chi connectivity index (χ1n) is 7.27. The van der Waals surface area contributed by atoms with Gasteiger partial charge in [-0.2, -0.15) is 0 Å². The van der Waals surface area contributed by atoms with Gasteiger partial charge in [0.05, 0.1) is 4.90 Å². The largest absolute Gasteiger partial charge is 0.312 e. The highest BCUT2D eigenvalue weighted by molar-refractivity contribution is 7.90. The molecule has 5 nitrogen and oxygen atoms in total. The van der Waals surface area contributed by atoms with Crippen LogP contribution in [0.5, 0.6) is 0 Å². The third-order valence-corrected chi connectivity index (χ3v) is 5.05. The minimum Gasteiger partial charge on any atom is -0.312 e. The molecule has 1 amide bonds. The first-order chi connectivity index (χ1) is 9.90. The molecule has 0 saturated heterocycles. The average Bonchev–Trinajstić information content (AvgIpc) is 2.44. The van der Waals surface area contributed by atoms with E-state index in [1.165, 1.54) is 0 Å². The van der Waals surface area contributed by atoms with Gasteiger partial charge >= 0.3 is 0 Å². The van der Waals surface area contributed by atoms with E-state index in [1.807, 2.05) is 19.9 Å². The van der Waals surface area contributed by atoms with E-state index in [2.05, 4.69) is 10.0 Å². The zero-order valence-corrected chi connectivity index (χ0v) is 13.3. The normalized spacial score (nSPS) is 14.8. The van der Waals surface area contributed by atoms with Gasteiger partial charge in [-0.3, -0.25) is 4.79 Å². The fourth-order valence-electron chi connectivity index (χ4n) is 2.41. The molecule has 21 heavy (non-hydrogen) atoms. The van der Waals surface area contributed by atoms with Gasteiger partial charge in [0.1, 0.15) is 0 Å². The lowest BCUT2D eigenvalue weighted by Gasteiger charge is -2.20. The van der Waals surface area contributed by atoms with E-state index >= 15 is 0 Å². The Morgan fingerprint density at radius 1 is 1.38 bits per heavy atom. The van der Waals surface area contributed by atoms with E-state index < -0.39 is 15.9 Å². The van der Waals surface area contributed by atoms with Gasteiger partial charge in [-0.25, -0.2) is 13.1 Å². The fraction of sp³-hybridized carbons (Fsp3) is 0.533. The molecule has 0 radical (unpaired) electrons. The number of benzene rings is 1. The van der Waals surface area contributed by atoms with E-state index in [4.69, 9.17) is 0 Å². The molecule has 0 spiro atoms. The number of sulfonamides is 1. The molecule has 0 unspecified atom stereocenters. The van der Waals surface area contributed by atoms with Crippen LogP contribution in [0.1, 0.15) is 37.8 Å². The molecule has 0 atom stereocenters. The highest BCUT2D eigenvalue weighted by Crippen LogP contribution is 2.22. The van der Waals surface area contributed by atoms with Crippen molar-refractivity contribution in [3.8, 4) is 0 Å². The fourth-order valence-corrected chi connectivity index (χ4v) is 3.71. The monoisotopic (exact) mass is 310 g/mol. The van der Waals surface area contributed by atoms with Crippen molar-refractivity contribution in [3.05, 3.63) is 29.3 Å². The van der Waals surface area contributed by atoms with Crippen LogP contribution in [0, 0.1) is 5.92 Å². The van der Waals surface area contributed by atoms with Gasteiger partial charge in [-0.05, 0) is 42.5 Å². The quantitative estimate of drug-likeness (QED) is 0.866. The average molecular weight is 310 g/mol. The van der Waals surface area contributed by atoms with E-state index in [-0.39, 0.29) is 11.3 Å². The lowest BCUT2D eigenvalue weighted by molar-refractivity contribution is -0.119. The summed E-state index contributed by atoms with van der Waals surface area (Å²) in [5, 5.41) is 3.17. The van der Waals surface area contributed by atoms with Crippen molar-refractivity contribution < 1.29 is 13.2 Å². The topological polar surface area (TPSA) is 75.3 Å². The second-order valence-corrected chi connectivity index (χ2v) is 7.43. The molecule has 1 aromatic rings. The maximum atomic E-state index is 12.4. The van der Waals surface area contributed by atoms with E-state index in [9.17, 15) is 13.2 Å². The summed E-state index contributed by atoms with van der Waals surface area (Å²) in [5.74, 6) is -0.0720. The van der Waals surface area contributed by atoms with Gasteiger partial charge in [-0.15, -0.1) is 0 Å². The Balaban J connectivity index is 2.18. The molecule has 1 aromatic carbocycles. The molecule has 116 valence electrons. The van der Waals surface area contributed by atoms with Gasteiger partial charge in [0, 0.05) is 13.0 Å². The molecule has 6 heteroatoms. The Kier molecular flexibility index (Phi) is 5.00. The second kappa shape index (κ2) is 6.58. The van der Waals surface area contributed by atoms with Crippen LogP contribution >= 0.6 is 0 Å². The highest BCUT2D eigenvalue weighted by Gasteiger charge is 2.23. The lowest BCUT2D eigenvalue weighted by atomic mass is 10.0. The van der Waals surface area contributed by atoms with Crippen LogP contribution in [0.4, 0.5) is 0 Å². The van der Waals surface area contributed by atoms with Crippen LogP contribution in [0.3, 0.4) is 0 Å². The van der Waals surface area contributed by atoms with Crippen LogP contribution in [-0.4, -0.2) is 20.9 Å². The molecule has 1 heterocycles. The predicted molar refractivity (Wildman–Crippen MR) is 81.3 cm³/mol. The van der Waals surface area contributed by atoms with Crippen LogP contribution in [0.15, 0.2) is 23.1 Å². The Hall–Kier alpha value is -1.40. The molecular weight excluding hydrogens is 288 g/mol. The molecular formula is C15H22N2O3S. The number of hydrogen-bond donors (Lipinski definition) is 2. The number of carbonyl (C=O) groups excluding carboxylic acids is 1. The van der Waals surface area contributed by atoms with Crippen molar-refractivity contribution in [1.82, 2.24) is 10.0 Å². The Bertz CT molecular complexity index is 624. The summed E-state index contributed by atoms with van der Waals surface area (Å²) in [7, 11) is -3.79. The summed E-state index contributed by atoms with van der Waals surface area (Å²) < 4.78 is 27.0. The van der Waals surface area contributed by atoms with Gasteiger partial charge in [0.25, 0.3) is 10.0 Å². The van der Waals surface area contributed by atoms with Gasteiger partial charge < -0.3 is 5.32 Å². The van der Waals surface area contributed by atoms with Gasteiger partial charge in [-0.1, -0.05) is 26.0 Å². The molecule has 2 rings (SSSR count). The Labute approximate surface area is 126 Å². The SMILES string of the molecule is CC(C)CCC(=O)NS(=O)(=O)c1cccc2c1CNCC2. The van der Waals surface area contributed by atoms with Crippen molar-refractivity contribution in [2.24, 2.45) is 5.92 Å². The summed E-state index contributed by atoms with van der Waals surface area (Å²) in [5.41, 5.74) is 1.80. The summed E-state index contributed by atoms with van der Waals surface area (Å²) in [6.45, 7) is 5.37. The molecule has 0 aromatic heterocycles. The van der Waals surface area contributed by atoms with E-state index in [0.717, 1.165) is 24.1 Å². The number of hydrogen-bond acceptors (Lipinski definition) is 4. The Morgan fingerprint density at radius 2 is 2.14 bits per heavy atom. The maximum absolute atomic E-state index is 12.4. The number of fused-ring (bicyclic) bond motifs is 1. The summed E-state index contributed by atoms with van der Waals surface area (Å²) in [4.78, 5) is 12.0. The van der Waals surface area contributed by atoms with Crippen molar-refractivity contribution in [1.29, 1.82) is 0 Å². The first kappa shape index (κ1) is 16.0. The van der Waals surface area contributed by atoms with Crippen LogP contribution < -0.4 is 10.0 Å². The van der Waals surface area contributed by atoms with Crippen LogP contribution in [-0.2, 0) is 27.8 Å². The summed E-state index contributed by atoms with van der Waals surface area (Å²) in [6.07, 6.45) is 1.71. The number of carbonyl (C=O) groups is 1. The maximum Gasteiger partial charge on any atom is 0.264 e. The standard InChI is InChI=1S/C15H22N2O3S/c1-11(2)6-7-15(18)17-21(19,20)14-5-3-4-12-8-9-16-10-13(12)14/h3-5,11,16H,6-10H2,1-2H3,(H,17,18). The molecule has 0 saturated carbocycles. The second-order valence-electron chi connectivity index (χ2n) is 5.78. The zero-order chi connectivity index (χ0) is 15.5. The lowest BCUT2D eigenvalue weighted by Crippen LogP contribution is -2.33.